The Morgan fingerprint density at radius 2 is 2.17 bits per heavy atom. The molecule has 0 aromatic heterocycles. The first-order valence-corrected chi connectivity index (χ1v) is 7.33. The van der Waals surface area contributed by atoms with Crippen LogP contribution in [0.3, 0.4) is 0 Å². The fourth-order valence-electron chi connectivity index (χ4n) is 2.84. The third-order valence-corrected chi connectivity index (χ3v) is 4.31. The molecule has 1 N–H and O–H groups in total. The zero-order valence-corrected chi connectivity index (χ0v) is 12.1. The van der Waals surface area contributed by atoms with E-state index in [0.29, 0.717) is 6.04 Å². The van der Waals surface area contributed by atoms with Gasteiger partial charge in [0.25, 0.3) is 0 Å². The minimum Gasteiger partial charge on any atom is -0.324 e. The molecule has 0 spiro atoms. The lowest BCUT2D eigenvalue weighted by Crippen LogP contribution is -2.46. The predicted molar refractivity (Wildman–Crippen MR) is 73.3 cm³/mol. The fraction of sp³-hybridized carbons (Fsp3) is 0.929. The highest BCUT2D eigenvalue weighted by Gasteiger charge is 2.38. The topological polar surface area (TPSA) is 35.6 Å². The van der Waals surface area contributed by atoms with Crippen LogP contribution in [0.25, 0.3) is 0 Å². The van der Waals surface area contributed by atoms with Crippen LogP contribution in [-0.4, -0.2) is 53.6 Å². The van der Waals surface area contributed by atoms with Gasteiger partial charge in [0.1, 0.15) is 0 Å². The molecule has 3 unspecified atom stereocenters. The van der Waals surface area contributed by atoms with E-state index in [1.165, 1.54) is 12.8 Å². The van der Waals surface area contributed by atoms with Crippen LogP contribution in [0.1, 0.15) is 46.5 Å². The second kappa shape index (κ2) is 5.57. The molecule has 0 radical (unpaired) electrons. The second-order valence-corrected chi connectivity index (χ2v) is 5.93. The standard InChI is InChI=1S/C14H27N3O/c1-5-6-13-15-11(3)14(18)17(13)9-10(2)16(4)12-7-8-12/h10-13,15H,5-9H2,1-4H3. The van der Waals surface area contributed by atoms with Gasteiger partial charge in [-0.2, -0.15) is 0 Å². The van der Waals surface area contributed by atoms with Gasteiger partial charge in [0.15, 0.2) is 0 Å². The number of likely N-dealkylation sites (N-methyl/N-ethyl adjacent to an activating group) is 1. The van der Waals surface area contributed by atoms with Crippen LogP contribution in [0.4, 0.5) is 0 Å². The van der Waals surface area contributed by atoms with E-state index in [1.54, 1.807) is 0 Å². The third-order valence-electron chi connectivity index (χ3n) is 4.31. The van der Waals surface area contributed by atoms with Gasteiger partial charge in [-0.25, -0.2) is 0 Å². The molecule has 1 aliphatic carbocycles. The summed E-state index contributed by atoms with van der Waals surface area (Å²) < 4.78 is 0. The Kier molecular flexibility index (Phi) is 4.28. The Labute approximate surface area is 111 Å². The maximum atomic E-state index is 12.2. The van der Waals surface area contributed by atoms with Crippen molar-refractivity contribution >= 4 is 5.91 Å². The zero-order chi connectivity index (χ0) is 13.3. The monoisotopic (exact) mass is 253 g/mol. The quantitative estimate of drug-likeness (QED) is 0.777. The highest BCUT2D eigenvalue weighted by atomic mass is 16.2. The molecule has 4 nitrogen and oxygen atoms in total. The molecule has 3 atom stereocenters. The van der Waals surface area contributed by atoms with E-state index in [2.05, 4.69) is 36.0 Å². The van der Waals surface area contributed by atoms with Crippen molar-refractivity contribution in [1.82, 2.24) is 15.1 Å². The van der Waals surface area contributed by atoms with Gasteiger partial charge in [-0.3, -0.25) is 15.0 Å². The van der Waals surface area contributed by atoms with Crippen LogP contribution in [0.5, 0.6) is 0 Å². The molecule has 2 fully saturated rings. The molecular weight excluding hydrogens is 226 g/mol. The molecule has 0 aromatic carbocycles. The molecule has 4 heteroatoms. The number of nitrogens with zero attached hydrogens (tertiary/aromatic N) is 2. The number of amides is 1. The van der Waals surface area contributed by atoms with Crippen LogP contribution in [0.2, 0.25) is 0 Å². The lowest BCUT2D eigenvalue weighted by Gasteiger charge is -2.31. The molecule has 2 rings (SSSR count). The maximum absolute atomic E-state index is 12.2. The van der Waals surface area contributed by atoms with E-state index in [9.17, 15) is 4.79 Å². The van der Waals surface area contributed by atoms with E-state index in [-0.39, 0.29) is 18.1 Å². The van der Waals surface area contributed by atoms with Gasteiger partial charge in [0, 0.05) is 18.6 Å². The van der Waals surface area contributed by atoms with E-state index in [4.69, 9.17) is 0 Å². The van der Waals surface area contributed by atoms with Crippen LogP contribution in [-0.2, 0) is 4.79 Å². The first-order valence-electron chi connectivity index (χ1n) is 7.33. The largest absolute Gasteiger partial charge is 0.324 e. The van der Waals surface area contributed by atoms with Crippen molar-refractivity contribution in [1.29, 1.82) is 0 Å². The smallest absolute Gasteiger partial charge is 0.240 e. The molecule has 104 valence electrons. The number of carbonyl (C=O) groups excluding carboxylic acids is 1. The SMILES string of the molecule is CCCC1NC(C)C(=O)N1CC(C)N(C)C1CC1. The van der Waals surface area contributed by atoms with Crippen molar-refractivity contribution < 1.29 is 4.79 Å². The number of carbonyl (C=O) groups is 1. The van der Waals surface area contributed by atoms with Crippen molar-refractivity contribution in [2.45, 2.75) is 70.7 Å². The van der Waals surface area contributed by atoms with Crippen LogP contribution < -0.4 is 5.32 Å². The predicted octanol–water partition coefficient (Wildman–Crippen LogP) is 1.42. The molecule has 0 bridgehead atoms. The lowest BCUT2D eigenvalue weighted by atomic mass is 10.2. The molecule has 2 aliphatic rings. The van der Waals surface area contributed by atoms with Crippen molar-refractivity contribution in [3.63, 3.8) is 0 Å². The molecule has 1 saturated carbocycles. The van der Waals surface area contributed by atoms with Crippen molar-refractivity contribution in [3.8, 4) is 0 Å². The summed E-state index contributed by atoms with van der Waals surface area (Å²) in [6.45, 7) is 7.23. The maximum Gasteiger partial charge on any atom is 0.240 e. The molecule has 1 amide bonds. The van der Waals surface area contributed by atoms with E-state index >= 15 is 0 Å². The minimum absolute atomic E-state index is 0.0139. The molecular formula is C14H27N3O. The van der Waals surface area contributed by atoms with Gasteiger partial charge < -0.3 is 4.90 Å². The van der Waals surface area contributed by atoms with Crippen molar-refractivity contribution in [3.05, 3.63) is 0 Å². The summed E-state index contributed by atoms with van der Waals surface area (Å²) in [6.07, 6.45) is 5.05. The number of hydrogen-bond acceptors (Lipinski definition) is 3. The molecule has 18 heavy (non-hydrogen) atoms. The Hall–Kier alpha value is -0.610. The van der Waals surface area contributed by atoms with Gasteiger partial charge in [0.05, 0.1) is 12.2 Å². The average Bonchev–Trinajstić information content (AvgIpc) is 3.13. The summed E-state index contributed by atoms with van der Waals surface area (Å²) in [4.78, 5) is 16.7. The first kappa shape index (κ1) is 13.8. The van der Waals surface area contributed by atoms with Gasteiger partial charge in [0.2, 0.25) is 5.91 Å². The van der Waals surface area contributed by atoms with E-state index < -0.39 is 0 Å². The second-order valence-electron chi connectivity index (χ2n) is 5.93. The molecule has 0 aromatic rings. The Morgan fingerprint density at radius 1 is 1.50 bits per heavy atom. The summed E-state index contributed by atoms with van der Waals surface area (Å²) >= 11 is 0. The minimum atomic E-state index is -0.0139. The zero-order valence-electron chi connectivity index (χ0n) is 12.1. The highest BCUT2D eigenvalue weighted by Crippen LogP contribution is 2.27. The van der Waals surface area contributed by atoms with Crippen LogP contribution >= 0.6 is 0 Å². The van der Waals surface area contributed by atoms with E-state index in [1.807, 2.05) is 6.92 Å². The van der Waals surface area contributed by atoms with Crippen LogP contribution in [0, 0.1) is 0 Å². The van der Waals surface area contributed by atoms with Crippen LogP contribution in [0.15, 0.2) is 0 Å². The number of nitrogens with one attached hydrogen (secondary N) is 1. The summed E-state index contributed by atoms with van der Waals surface area (Å²) in [5.41, 5.74) is 0. The summed E-state index contributed by atoms with van der Waals surface area (Å²) in [6, 6.07) is 1.20. The molecule has 1 saturated heterocycles. The lowest BCUT2D eigenvalue weighted by molar-refractivity contribution is -0.130. The Morgan fingerprint density at radius 3 is 2.72 bits per heavy atom. The number of hydrogen-bond donors (Lipinski definition) is 1. The van der Waals surface area contributed by atoms with E-state index in [0.717, 1.165) is 25.4 Å². The normalized spacial score (nSPS) is 30.3. The summed E-state index contributed by atoms with van der Waals surface area (Å²) in [5.74, 6) is 0.268. The average molecular weight is 253 g/mol. The summed E-state index contributed by atoms with van der Waals surface area (Å²) in [5, 5.41) is 3.40. The van der Waals surface area contributed by atoms with Gasteiger partial charge in [-0.15, -0.1) is 0 Å². The van der Waals surface area contributed by atoms with Gasteiger partial charge in [-0.05, 0) is 40.2 Å². The third kappa shape index (κ3) is 2.86. The number of rotatable bonds is 6. The van der Waals surface area contributed by atoms with Gasteiger partial charge in [-0.1, -0.05) is 13.3 Å². The fourth-order valence-corrected chi connectivity index (χ4v) is 2.84. The summed E-state index contributed by atoms with van der Waals surface area (Å²) in [7, 11) is 2.19. The first-order chi connectivity index (χ1) is 8.54. The van der Waals surface area contributed by atoms with Crippen molar-refractivity contribution in [2.24, 2.45) is 0 Å². The molecule has 1 aliphatic heterocycles. The highest BCUT2D eigenvalue weighted by molar-refractivity contribution is 5.83. The Balaban J connectivity index is 1.93. The van der Waals surface area contributed by atoms with Gasteiger partial charge >= 0.3 is 0 Å². The van der Waals surface area contributed by atoms with Crippen molar-refractivity contribution in [2.75, 3.05) is 13.6 Å². The molecule has 1 heterocycles. The Bertz CT molecular complexity index is 303.